The molecule has 114 valence electrons. The smallest absolute Gasteiger partial charge is 0.291 e. The van der Waals surface area contributed by atoms with Gasteiger partial charge in [0.2, 0.25) is 5.82 Å². The minimum atomic E-state index is -0.297. The van der Waals surface area contributed by atoms with E-state index in [0.717, 1.165) is 24.2 Å². The molecular weight excluding hydrogens is 270 g/mol. The third-order valence-corrected chi connectivity index (χ3v) is 3.29. The van der Waals surface area contributed by atoms with Gasteiger partial charge in [0.15, 0.2) is 0 Å². The number of aliphatic hydroxyl groups excluding tert-OH is 1. The van der Waals surface area contributed by atoms with Crippen LogP contribution in [0.5, 0.6) is 0 Å². The quantitative estimate of drug-likeness (QED) is 0.771. The van der Waals surface area contributed by atoms with Gasteiger partial charge in [-0.3, -0.25) is 4.79 Å². The number of nitrogens with zero attached hydrogens (tertiary/aromatic N) is 4. The average Bonchev–Trinajstić information content (AvgIpc) is 2.87. The zero-order valence-corrected chi connectivity index (χ0v) is 12.6. The van der Waals surface area contributed by atoms with Gasteiger partial charge in [0, 0.05) is 24.5 Å². The fourth-order valence-electron chi connectivity index (χ4n) is 2.09. The summed E-state index contributed by atoms with van der Waals surface area (Å²) < 4.78 is 1.57. The van der Waals surface area contributed by atoms with Crippen molar-refractivity contribution in [2.75, 3.05) is 13.2 Å². The van der Waals surface area contributed by atoms with Crippen LogP contribution in [0, 0.1) is 19.8 Å². The molecule has 0 bridgehead atoms. The summed E-state index contributed by atoms with van der Waals surface area (Å²) in [6.45, 7) is 6.47. The Balaban J connectivity index is 1.98. The van der Waals surface area contributed by atoms with Crippen LogP contribution >= 0.6 is 0 Å². The van der Waals surface area contributed by atoms with Crippen LogP contribution in [0.2, 0.25) is 0 Å². The lowest BCUT2D eigenvalue weighted by Crippen LogP contribution is -2.26. The maximum absolute atomic E-state index is 12.0. The number of aryl methyl sites for hydroxylation is 2. The van der Waals surface area contributed by atoms with Gasteiger partial charge >= 0.3 is 0 Å². The molecule has 0 saturated heterocycles. The van der Waals surface area contributed by atoms with E-state index in [1.807, 2.05) is 26.8 Å². The van der Waals surface area contributed by atoms with Crippen molar-refractivity contribution in [2.24, 2.45) is 5.92 Å². The number of carbonyl (C=O) groups excluding carboxylic acids is 1. The number of rotatable bonds is 6. The molecule has 0 radical (unpaired) electrons. The zero-order valence-electron chi connectivity index (χ0n) is 12.6. The van der Waals surface area contributed by atoms with Crippen LogP contribution in [0.3, 0.4) is 0 Å². The van der Waals surface area contributed by atoms with Gasteiger partial charge < -0.3 is 10.4 Å². The van der Waals surface area contributed by atoms with Crippen molar-refractivity contribution in [3.05, 3.63) is 23.3 Å². The topological polar surface area (TPSA) is 92.4 Å². The Morgan fingerprint density at radius 1 is 1.43 bits per heavy atom. The number of carbonyl (C=O) groups is 1. The fourth-order valence-corrected chi connectivity index (χ4v) is 2.09. The van der Waals surface area contributed by atoms with Gasteiger partial charge in [0.1, 0.15) is 0 Å². The molecule has 0 saturated carbocycles. The first-order valence-electron chi connectivity index (χ1n) is 7.11. The van der Waals surface area contributed by atoms with Crippen molar-refractivity contribution >= 4 is 11.7 Å². The van der Waals surface area contributed by atoms with E-state index in [1.54, 1.807) is 4.52 Å². The van der Waals surface area contributed by atoms with Gasteiger partial charge in [-0.2, -0.15) is 4.98 Å². The van der Waals surface area contributed by atoms with Crippen LogP contribution in [-0.2, 0) is 0 Å². The predicted octanol–water partition coefficient (Wildman–Crippen LogP) is 0.880. The molecule has 2 aromatic heterocycles. The highest BCUT2D eigenvalue weighted by Gasteiger charge is 2.14. The van der Waals surface area contributed by atoms with Gasteiger partial charge in [-0.25, -0.2) is 9.50 Å². The molecule has 0 aliphatic heterocycles. The minimum Gasteiger partial charge on any atom is -0.396 e. The first-order valence-corrected chi connectivity index (χ1v) is 7.11. The first kappa shape index (κ1) is 15.4. The zero-order chi connectivity index (χ0) is 15.4. The number of hydrogen-bond donors (Lipinski definition) is 2. The van der Waals surface area contributed by atoms with E-state index in [9.17, 15) is 4.79 Å². The van der Waals surface area contributed by atoms with E-state index in [0.29, 0.717) is 12.3 Å². The third kappa shape index (κ3) is 3.75. The van der Waals surface area contributed by atoms with Crippen molar-refractivity contribution < 1.29 is 9.90 Å². The number of aromatic nitrogens is 4. The maximum atomic E-state index is 12.0. The Morgan fingerprint density at radius 3 is 2.90 bits per heavy atom. The van der Waals surface area contributed by atoms with Gasteiger partial charge in [-0.15, -0.1) is 5.10 Å². The second-order valence-electron chi connectivity index (χ2n) is 5.37. The lowest BCUT2D eigenvalue weighted by molar-refractivity contribution is 0.0942. The molecule has 7 nitrogen and oxygen atoms in total. The maximum Gasteiger partial charge on any atom is 0.291 e. The van der Waals surface area contributed by atoms with Crippen LogP contribution < -0.4 is 5.32 Å². The molecule has 0 aliphatic rings. The molecule has 7 heteroatoms. The van der Waals surface area contributed by atoms with Crippen LogP contribution in [0.1, 0.15) is 41.8 Å². The molecule has 2 N–H and O–H groups in total. The van der Waals surface area contributed by atoms with Crippen molar-refractivity contribution in [3.63, 3.8) is 0 Å². The molecule has 0 spiro atoms. The highest BCUT2D eigenvalue weighted by atomic mass is 16.3. The number of amides is 1. The molecule has 1 atom stereocenters. The lowest BCUT2D eigenvalue weighted by atomic mass is 10.1. The minimum absolute atomic E-state index is 0.131. The molecule has 2 heterocycles. The van der Waals surface area contributed by atoms with Crippen LogP contribution in [0.25, 0.3) is 5.78 Å². The molecule has 21 heavy (non-hydrogen) atoms. The normalized spacial score (nSPS) is 12.6. The van der Waals surface area contributed by atoms with E-state index in [2.05, 4.69) is 20.4 Å². The Labute approximate surface area is 123 Å². The van der Waals surface area contributed by atoms with Crippen LogP contribution in [-0.4, -0.2) is 43.7 Å². The van der Waals surface area contributed by atoms with E-state index >= 15 is 0 Å². The second kappa shape index (κ2) is 6.62. The molecule has 0 aliphatic carbocycles. The Morgan fingerprint density at radius 2 is 2.19 bits per heavy atom. The summed E-state index contributed by atoms with van der Waals surface area (Å²) in [5.74, 6) is 0.525. The Kier molecular flexibility index (Phi) is 4.85. The van der Waals surface area contributed by atoms with E-state index < -0.39 is 0 Å². The summed E-state index contributed by atoms with van der Waals surface area (Å²) in [4.78, 5) is 20.4. The van der Waals surface area contributed by atoms with E-state index in [4.69, 9.17) is 5.11 Å². The number of nitrogens with one attached hydrogen (secondary N) is 1. The SMILES string of the molecule is Cc1cc(C)n2nc(C(=O)NCCCC(C)CO)nc2n1. The fraction of sp³-hybridized carbons (Fsp3) is 0.571. The first-order chi connectivity index (χ1) is 10.0. The number of aliphatic hydroxyl groups is 1. The van der Waals surface area contributed by atoms with Gasteiger partial charge in [0.25, 0.3) is 11.7 Å². The standard InChI is InChI=1S/C14H21N5O2/c1-9(8-20)5-4-6-15-13(21)12-17-14-16-10(2)7-11(3)19(14)18-12/h7,9,20H,4-6,8H2,1-3H3,(H,15,21). The monoisotopic (exact) mass is 291 g/mol. The van der Waals surface area contributed by atoms with Gasteiger partial charge in [-0.05, 0) is 38.7 Å². The average molecular weight is 291 g/mol. The van der Waals surface area contributed by atoms with Gasteiger partial charge in [0.05, 0.1) is 0 Å². The predicted molar refractivity (Wildman–Crippen MR) is 78.1 cm³/mol. The second-order valence-corrected chi connectivity index (χ2v) is 5.37. The lowest BCUT2D eigenvalue weighted by Gasteiger charge is -2.07. The summed E-state index contributed by atoms with van der Waals surface area (Å²) in [6, 6.07) is 1.89. The molecular formula is C14H21N5O2. The van der Waals surface area contributed by atoms with Crippen molar-refractivity contribution in [1.82, 2.24) is 24.9 Å². The largest absolute Gasteiger partial charge is 0.396 e. The third-order valence-electron chi connectivity index (χ3n) is 3.29. The summed E-state index contributed by atoms with van der Waals surface area (Å²) in [7, 11) is 0. The highest BCUT2D eigenvalue weighted by molar-refractivity contribution is 5.90. The molecule has 1 unspecified atom stereocenters. The Bertz CT molecular complexity index is 638. The molecule has 0 aromatic carbocycles. The number of hydrogen-bond acceptors (Lipinski definition) is 5. The van der Waals surface area contributed by atoms with Crippen LogP contribution in [0.4, 0.5) is 0 Å². The molecule has 1 amide bonds. The molecule has 0 fully saturated rings. The molecule has 2 rings (SSSR count). The number of fused-ring (bicyclic) bond motifs is 1. The highest BCUT2D eigenvalue weighted by Crippen LogP contribution is 2.06. The van der Waals surface area contributed by atoms with Crippen molar-refractivity contribution in [2.45, 2.75) is 33.6 Å². The Hall–Kier alpha value is -2.02. The van der Waals surface area contributed by atoms with E-state index in [-0.39, 0.29) is 24.3 Å². The molecule has 2 aromatic rings. The van der Waals surface area contributed by atoms with E-state index in [1.165, 1.54) is 0 Å². The summed E-state index contributed by atoms with van der Waals surface area (Å²) in [5, 5.41) is 15.9. The van der Waals surface area contributed by atoms with Crippen LogP contribution in [0.15, 0.2) is 6.07 Å². The summed E-state index contributed by atoms with van der Waals surface area (Å²) in [6.07, 6.45) is 1.69. The summed E-state index contributed by atoms with van der Waals surface area (Å²) >= 11 is 0. The summed E-state index contributed by atoms with van der Waals surface area (Å²) in [5.41, 5.74) is 1.73. The van der Waals surface area contributed by atoms with Crippen molar-refractivity contribution in [3.8, 4) is 0 Å². The van der Waals surface area contributed by atoms with Gasteiger partial charge in [-0.1, -0.05) is 6.92 Å². The van der Waals surface area contributed by atoms with Crippen molar-refractivity contribution in [1.29, 1.82) is 0 Å².